The van der Waals surface area contributed by atoms with Crippen LogP contribution in [-0.4, -0.2) is 35.5 Å². The van der Waals surface area contributed by atoms with E-state index in [2.05, 4.69) is 29.4 Å². The third-order valence-electron chi connectivity index (χ3n) is 2.76. The molecule has 18 heavy (non-hydrogen) atoms. The summed E-state index contributed by atoms with van der Waals surface area (Å²) in [7, 11) is 1.69. The predicted molar refractivity (Wildman–Crippen MR) is 70.5 cm³/mol. The molecule has 0 spiro atoms. The molecule has 0 bridgehead atoms. The lowest BCUT2D eigenvalue weighted by Gasteiger charge is -2.20. The summed E-state index contributed by atoms with van der Waals surface area (Å²) in [6.07, 6.45) is 2.47. The minimum absolute atomic E-state index is 0.261. The van der Waals surface area contributed by atoms with Gasteiger partial charge in [0, 0.05) is 19.6 Å². The fraction of sp³-hybridized carbons (Fsp3) is 0.846. The smallest absolute Gasteiger partial charge is 0.219 e. The van der Waals surface area contributed by atoms with Crippen LogP contribution in [0, 0.1) is 0 Å². The fourth-order valence-electron chi connectivity index (χ4n) is 1.53. The van der Waals surface area contributed by atoms with Gasteiger partial charge < -0.3 is 14.5 Å². The van der Waals surface area contributed by atoms with Gasteiger partial charge in [-0.3, -0.25) is 0 Å². The van der Waals surface area contributed by atoms with Gasteiger partial charge >= 0.3 is 0 Å². The van der Waals surface area contributed by atoms with Gasteiger partial charge in [-0.25, -0.2) is 0 Å². The Balaban J connectivity index is 2.34. The number of hydrogen-bond donors (Lipinski definition) is 1. The normalized spacial score (nSPS) is 12.3. The number of methoxy groups -OCH3 is 1. The largest absolute Gasteiger partial charge is 0.425 e. The van der Waals surface area contributed by atoms with Crippen molar-refractivity contribution in [3.63, 3.8) is 0 Å². The van der Waals surface area contributed by atoms with Crippen LogP contribution in [0.1, 0.15) is 45.9 Å². The maximum atomic E-state index is 5.60. The zero-order valence-corrected chi connectivity index (χ0v) is 12.1. The first kappa shape index (κ1) is 15.1. The molecule has 1 heterocycles. The summed E-state index contributed by atoms with van der Waals surface area (Å²) in [6, 6.07) is 0.519. The molecule has 0 saturated carbocycles. The Morgan fingerprint density at radius 1 is 1.28 bits per heavy atom. The molecule has 0 aromatic carbocycles. The third kappa shape index (κ3) is 5.60. The van der Waals surface area contributed by atoms with Gasteiger partial charge in [-0.1, -0.05) is 13.8 Å². The molecule has 0 aliphatic heterocycles. The molecule has 0 aliphatic rings. The van der Waals surface area contributed by atoms with Crippen molar-refractivity contribution in [3.8, 4) is 0 Å². The van der Waals surface area contributed by atoms with Gasteiger partial charge in [0.15, 0.2) is 0 Å². The van der Waals surface area contributed by atoms with Crippen LogP contribution in [0.2, 0.25) is 0 Å². The minimum atomic E-state index is -0.261. The standard InChI is InChI=1S/C13H25N3O2/c1-10(2)14-8-6-7-11-15-16-12(18-11)9-13(3,4)17-5/h10,14H,6-9H2,1-5H3. The maximum absolute atomic E-state index is 5.60. The van der Waals surface area contributed by atoms with Crippen molar-refractivity contribution in [1.29, 1.82) is 0 Å². The topological polar surface area (TPSA) is 60.2 Å². The Hall–Kier alpha value is -0.940. The summed E-state index contributed by atoms with van der Waals surface area (Å²) < 4.78 is 10.9. The van der Waals surface area contributed by atoms with E-state index in [1.165, 1.54) is 0 Å². The highest BCUT2D eigenvalue weighted by Gasteiger charge is 2.21. The van der Waals surface area contributed by atoms with Crippen molar-refractivity contribution in [2.45, 2.75) is 58.6 Å². The summed E-state index contributed by atoms with van der Waals surface area (Å²) in [5.41, 5.74) is -0.261. The second kappa shape index (κ2) is 6.85. The first-order valence-corrected chi connectivity index (χ1v) is 6.53. The summed E-state index contributed by atoms with van der Waals surface area (Å²) in [6.45, 7) is 9.25. The van der Waals surface area contributed by atoms with E-state index in [-0.39, 0.29) is 5.60 Å². The average molecular weight is 255 g/mol. The van der Waals surface area contributed by atoms with Crippen molar-refractivity contribution < 1.29 is 9.15 Å². The third-order valence-corrected chi connectivity index (χ3v) is 2.76. The molecule has 0 atom stereocenters. The van der Waals surface area contributed by atoms with Crippen molar-refractivity contribution in [2.24, 2.45) is 0 Å². The molecule has 0 amide bonds. The van der Waals surface area contributed by atoms with Crippen LogP contribution in [0.3, 0.4) is 0 Å². The quantitative estimate of drug-likeness (QED) is 0.720. The Morgan fingerprint density at radius 3 is 2.56 bits per heavy atom. The Bertz CT molecular complexity index is 348. The number of nitrogens with one attached hydrogen (secondary N) is 1. The molecule has 0 fully saturated rings. The number of rotatable bonds is 8. The van der Waals surface area contributed by atoms with E-state index in [1.807, 2.05) is 13.8 Å². The van der Waals surface area contributed by atoms with Gasteiger partial charge in [-0.15, -0.1) is 10.2 Å². The molecule has 1 N–H and O–H groups in total. The van der Waals surface area contributed by atoms with Gasteiger partial charge in [-0.2, -0.15) is 0 Å². The molecule has 0 saturated heterocycles. The monoisotopic (exact) mass is 255 g/mol. The van der Waals surface area contributed by atoms with E-state index in [4.69, 9.17) is 9.15 Å². The number of aryl methyl sites for hydroxylation is 1. The van der Waals surface area contributed by atoms with E-state index < -0.39 is 0 Å². The van der Waals surface area contributed by atoms with E-state index in [0.29, 0.717) is 24.2 Å². The zero-order valence-electron chi connectivity index (χ0n) is 12.1. The van der Waals surface area contributed by atoms with Crippen molar-refractivity contribution >= 4 is 0 Å². The number of nitrogens with zero attached hydrogens (tertiary/aromatic N) is 2. The van der Waals surface area contributed by atoms with Crippen molar-refractivity contribution in [1.82, 2.24) is 15.5 Å². The van der Waals surface area contributed by atoms with Gasteiger partial charge in [0.05, 0.1) is 12.0 Å². The van der Waals surface area contributed by atoms with Crippen LogP contribution in [0.5, 0.6) is 0 Å². The first-order valence-electron chi connectivity index (χ1n) is 6.53. The lowest BCUT2D eigenvalue weighted by atomic mass is 10.1. The highest BCUT2D eigenvalue weighted by Crippen LogP contribution is 2.15. The Kier molecular flexibility index (Phi) is 5.75. The molecular weight excluding hydrogens is 230 g/mol. The predicted octanol–water partition coefficient (Wildman–Crippen LogP) is 1.97. The van der Waals surface area contributed by atoms with Gasteiger partial charge in [0.1, 0.15) is 0 Å². The summed E-state index contributed by atoms with van der Waals surface area (Å²) in [4.78, 5) is 0. The maximum Gasteiger partial charge on any atom is 0.219 e. The second-order valence-electron chi connectivity index (χ2n) is 5.44. The molecule has 104 valence electrons. The molecule has 5 nitrogen and oxygen atoms in total. The number of aromatic nitrogens is 2. The molecular formula is C13H25N3O2. The highest BCUT2D eigenvalue weighted by molar-refractivity contribution is 4.88. The molecule has 1 rings (SSSR count). The average Bonchev–Trinajstić information content (AvgIpc) is 2.71. The summed E-state index contributed by atoms with van der Waals surface area (Å²) >= 11 is 0. The zero-order chi connectivity index (χ0) is 13.6. The van der Waals surface area contributed by atoms with E-state index in [1.54, 1.807) is 7.11 Å². The first-order chi connectivity index (χ1) is 8.43. The molecule has 1 aromatic rings. The number of hydrogen-bond acceptors (Lipinski definition) is 5. The summed E-state index contributed by atoms with van der Waals surface area (Å²) in [5.74, 6) is 1.36. The van der Waals surface area contributed by atoms with Crippen LogP contribution in [0.15, 0.2) is 4.42 Å². The molecule has 0 radical (unpaired) electrons. The van der Waals surface area contributed by atoms with Crippen LogP contribution in [0.25, 0.3) is 0 Å². The van der Waals surface area contributed by atoms with Gasteiger partial charge in [0.2, 0.25) is 11.8 Å². The highest BCUT2D eigenvalue weighted by atomic mass is 16.5. The molecule has 5 heteroatoms. The summed E-state index contributed by atoms with van der Waals surface area (Å²) in [5, 5.41) is 11.5. The molecule has 0 aliphatic carbocycles. The van der Waals surface area contributed by atoms with Gasteiger partial charge in [-0.05, 0) is 26.8 Å². The van der Waals surface area contributed by atoms with E-state index in [0.717, 1.165) is 19.4 Å². The van der Waals surface area contributed by atoms with Crippen molar-refractivity contribution in [3.05, 3.63) is 11.8 Å². The van der Waals surface area contributed by atoms with Gasteiger partial charge in [0.25, 0.3) is 0 Å². The van der Waals surface area contributed by atoms with Crippen LogP contribution in [0.4, 0.5) is 0 Å². The van der Waals surface area contributed by atoms with Crippen LogP contribution < -0.4 is 5.32 Å². The van der Waals surface area contributed by atoms with Crippen LogP contribution in [-0.2, 0) is 17.6 Å². The van der Waals surface area contributed by atoms with Crippen LogP contribution >= 0.6 is 0 Å². The lowest BCUT2D eigenvalue weighted by molar-refractivity contribution is 0.0179. The second-order valence-corrected chi connectivity index (χ2v) is 5.44. The molecule has 1 aromatic heterocycles. The van der Waals surface area contributed by atoms with E-state index >= 15 is 0 Å². The lowest BCUT2D eigenvalue weighted by Crippen LogP contribution is -2.25. The Morgan fingerprint density at radius 2 is 1.94 bits per heavy atom. The number of ether oxygens (including phenoxy) is 1. The fourth-order valence-corrected chi connectivity index (χ4v) is 1.53. The van der Waals surface area contributed by atoms with E-state index in [9.17, 15) is 0 Å². The SMILES string of the molecule is COC(C)(C)Cc1nnc(CCCNC(C)C)o1. The minimum Gasteiger partial charge on any atom is -0.425 e. The Labute approximate surface area is 109 Å². The molecule has 0 unspecified atom stereocenters. The van der Waals surface area contributed by atoms with Crippen molar-refractivity contribution in [2.75, 3.05) is 13.7 Å².